The van der Waals surface area contributed by atoms with Crippen LogP contribution >= 0.6 is 0 Å². The Bertz CT molecular complexity index is 178. The third kappa shape index (κ3) is 1.10. The smallest absolute Gasteiger partial charge is 0.0696 e. The highest BCUT2D eigenvalue weighted by Gasteiger charge is 2.39. The first kappa shape index (κ1) is 7.32. The number of fused-ring (bicyclic) bond motifs is 1. The zero-order chi connectivity index (χ0) is 7.84. The molecule has 0 aliphatic heterocycles. The predicted octanol–water partition coefficient (Wildman–Crippen LogP) is 0.661. The van der Waals surface area contributed by atoms with Gasteiger partial charge in [-0.2, -0.15) is 0 Å². The first-order valence-electron chi connectivity index (χ1n) is 4.37. The molecule has 1 saturated carbocycles. The van der Waals surface area contributed by atoms with Crippen LogP contribution in [-0.2, 0) is 0 Å². The van der Waals surface area contributed by atoms with Crippen molar-refractivity contribution in [3.8, 4) is 0 Å². The monoisotopic (exact) mass is 153 g/mol. The molecule has 0 saturated heterocycles. The van der Waals surface area contributed by atoms with Crippen molar-refractivity contribution in [2.75, 3.05) is 0 Å². The third-order valence-corrected chi connectivity index (χ3v) is 3.10. The summed E-state index contributed by atoms with van der Waals surface area (Å²) >= 11 is 0. The normalized spacial score (nSPS) is 49.3. The molecule has 0 spiro atoms. The highest BCUT2D eigenvalue weighted by molar-refractivity contribution is 5.04. The number of allylic oxidation sites excluding steroid dienone is 2. The fraction of sp³-hybridized carbons (Fsp3) is 0.778. The van der Waals surface area contributed by atoms with Crippen LogP contribution in [0.15, 0.2) is 12.2 Å². The van der Waals surface area contributed by atoms with Crippen LogP contribution in [0.5, 0.6) is 0 Å². The second-order valence-corrected chi connectivity index (χ2v) is 3.75. The Hall–Kier alpha value is -0.340. The molecule has 0 bridgehead atoms. The van der Waals surface area contributed by atoms with Crippen LogP contribution < -0.4 is 5.73 Å². The standard InChI is InChI=1S/C9H15NO/c10-9-7-4-2-1-3-6(7)5-8(9)11/h1-2,6-9,11H,3-5,10H2/t6?,7?,8-,9?/m0/s1. The van der Waals surface area contributed by atoms with E-state index in [1.54, 1.807) is 0 Å². The van der Waals surface area contributed by atoms with Gasteiger partial charge in [0.2, 0.25) is 0 Å². The van der Waals surface area contributed by atoms with Crippen LogP contribution in [0.25, 0.3) is 0 Å². The molecule has 2 aliphatic rings. The third-order valence-electron chi connectivity index (χ3n) is 3.10. The van der Waals surface area contributed by atoms with Crippen molar-refractivity contribution >= 4 is 0 Å². The Morgan fingerprint density at radius 2 is 2.00 bits per heavy atom. The van der Waals surface area contributed by atoms with Crippen molar-refractivity contribution < 1.29 is 5.11 Å². The quantitative estimate of drug-likeness (QED) is 0.502. The predicted molar refractivity (Wildman–Crippen MR) is 44.0 cm³/mol. The lowest BCUT2D eigenvalue weighted by molar-refractivity contribution is 0.156. The maximum Gasteiger partial charge on any atom is 0.0696 e. The molecule has 1 fully saturated rings. The average molecular weight is 153 g/mol. The average Bonchev–Trinajstić information content (AvgIpc) is 2.30. The molecular weight excluding hydrogens is 138 g/mol. The molecule has 2 aliphatic carbocycles. The Morgan fingerprint density at radius 1 is 1.27 bits per heavy atom. The molecule has 11 heavy (non-hydrogen) atoms. The van der Waals surface area contributed by atoms with E-state index in [1.165, 1.54) is 0 Å². The lowest BCUT2D eigenvalue weighted by Gasteiger charge is -2.23. The lowest BCUT2D eigenvalue weighted by Crippen LogP contribution is -2.35. The summed E-state index contributed by atoms with van der Waals surface area (Å²) in [5.74, 6) is 1.21. The van der Waals surface area contributed by atoms with Gasteiger partial charge in [-0.15, -0.1) is 0 Å². The van der Waals surface area contributed by atoms with Gasteiger partial charge in [-0.05, 0) is 31.1 Å². The SMILES string of the molecule is NC1C2CC=CCC2C[C@@H]1O. The summed E-state index contributed by atoms with van der Waals surface area (Å²) in [5, 5.41) is 9.48. The fourth-order valence-corrected chi connectivity index (χ4v) is 2.39. The molecule has 2 rings (SSSR count). The van der Waals surface area contributed by atoms with E-state index in [0.717, 1.165) is 19.3 Å². The van der Waals surface area contributed by atoms with E-state index in [4.69, 9.17) is 5.73 Å². The van der Waals surface area contributed by atoms with Gasteiger partial charge in [0.15, 0.2) is 0 Å². The van der Waals surface area contributed by atoms with Crippen LogP contribution in [0.4, 0.5) is 0 Å². The van der Waals surface area contributed by atoms with Gasteiger partial charge in [0.05, 0.1) is 6.10 Å². The summed E-state index contributed by atoms with van der Waals surface area (Å²) in [5.41, 5.74) is 5.85. The van der Waals surface area contributed by atoms with Crippen molar-refractivity contribution in [1.82, 2.24) is 0 Å². The van der Waals surface area contributed by atoms with Gasteiger partial charge in [-0.3, -0.25) is 0 Å². The van der Waals surface area contributed by atoms with Gasteiger partial charge < -0.3 is 10.8 Å². The maximum atomic E-state index is 9.48. The Kier molecular flexibility index (Phi) is 1.74. The minimum atomic E-state index is -0.245. The molecule has 62 valence electrons. The highest BCUT2D eigenvalue weighted by Crippen LogP contribution is 2.38. The van der Waals surface area contributed by atoms with E-state index in [2.05, 4.69) is 12.2 Å². The van der Waals surface area contributed by atoms with Crippen molar-refractivity contribution in [2.45, 2.75) is 31.4 Å². The first-order chi connectivity index (χ1) is 5.29. The summed E-state index contributed by atoms with van der Waals surface area (Å²) in [6.45, 7) is 0. The molecule has 0 heterocycles. The zero-order valence-electron chi connectivity index (χ0n) is 6.61. The van der Waals surface area contributed by atoms with E-state index in [0.29, 0.717) is 11.8 Å². The molecule has 3 unspecified atom stereocenters. The van der Waals surface area contributed by atoms with Gasteiger partial charge >= 0.3 is 0 Å². The van der Waals surface area contributed by atoms with Crippen LogP contribution in [0.1, 0.15) is 19.3 Å². The molecule has 4 atom stereocenters. The first-order valence-corrected chi connectivity index (χ1v) is 4.37. The fourth-order valence-electron chi connectivity index (χ4n) is 2.39. The zero-order valence-corrected chi connectivity index (χ0v) is 6.61. The molecule has 0 radical (unpaired) electrons. The van der Waals surface area contributed by atoms with Crippen molar-refractivity contribution in [2.24, 2.45) is 17.6 Å². The van der Waals surface area contributed by atoms with Crippen molar-refractivity contribution in [3.05, 3.63) is 12.2 Å². The minimum absolute atomic E-state index is 0.0324. The van der Waals surface area contributed by atoms with Crippen molar-refractivity contribution in [1.29, 1.82) is 0 Å². The Labute approximate surface area is 67.1 Å². The summed E-state index contributed by atoms with van der Waals surface area (Å²) in [6.07, 6.45) is 7.27. The Balaban J connectivity index is 2.12. The van der Waals surface area contributed by atoms with Crippen LogP contribution in [-0.4, -0.2) is 17.3 Å². The number of aliphatic hydroxyl groups excluding tert-OH is 1. The molecular formula is C9H15NO. The van der Waals surface area contributed by atoms with Gasteiger partial charge in [-0.25, -0.2) is 0 Å². The van der Waals surface area contributed by atoms with Crippen LogP contribution in [0.3, 0.4) is 0 Å². The van der Waals surface area contributed by atoms with E-state index in [-0.39, 0.29) is 12.1 Å². The summed E-state index contributed by atoms with van der Waals surface area (Å²) in [6, 6.07) is 0.0324. The van der Waals surface area contributed by atoms with Gasteiger partial charge in [0.25, 0.3) is 0 Å². The molecule has 0 aromatic heterocycles. The lowest BCUT2D eigenvalue weighted by atomic mass is 9.84. The number of hydrogen-bond donors (Lipinski definition) is 2. The highest BCUT2D eigenvalue weighted by atomic mass is 16.3. The summed E-state index contributed by atoms with van der Waals surface area (Å²) in [7, 11) is 0. The van der Waals surface area contributed by atoms with E-state index < -0.39 is 0 Å². The maximum absolute atomic E-state index is 9.48. The molecule has 2 nitrogen and oxygen atoms in total. The molecule has 2 heteroatoms. The second kappa shape index (κ2) is 2.61. The topological polar surface area (TPSA) is 46.2 Å². The number of nitrogens with two attached hydrogens (primary N) is 1. The Morgan fingerprint density at radius 3 is 2.73 bits per heavy atom. The van der Waals surface area contributed by atoms with E-state index >= 15 is 0 Å². The van der Waals surface area contributed by atoms with E-state index in [1.807, 2.05) is 0 Å². The largest absolute Gasteiger partial charge is 0.391 e. The second-order valence-electron chi connectivity index (χ2n) is 3.75. The summed E-state index contributed by atoms with van der Waals surface area (Å²) < 4.78 is 0. The van der Waals surface area contributed by atoms with E-state index in [9.17, 15) is 5.11 Å². The van der Waals surface area contributed by atoms with Crippen LogP contribution in [0, 0.1) is 11.8 Å². The number of aliphatic hydroxyl groups is 1. The summed E-state index contributed by atoms with van der Waals surface area (Å²) in [4.78, 5) is 0. The minimum Gasteiger partial charge on any atom is -0.391 e. The molecule has 0 aromatic rings. The van der Waals surface area contributed by atoms with Gasteiger partial charge in [-0.1, -0.05) is 12.2 Å². The molecule has 0 aromatic carbocycles. The number of rotatable bonds is 0. The van der Waals surface area contributed by atoms with Gasteiger partial charge in [0, 0.05) is 6.04 Å². The number of hydrogen-bond acceptors (Lipinski definition) is 2. The van der Waals surface area contributed by atoms with Crippen LogP contribution in [0.2, 0.25) is 0 Å². The van der Waals surface area contributed by atoms with Crippen molar-refractivity contribution in [3.63, 3.8) is 0 Å². The molecule has 3 N–H and O–H groups in total. The molecule has 0 amide bonds. The van der Waals surface area contributed by atoms with Gasteiger partial charge in [0.1, 0.15) is 0 Å².